The summed E-state index contributed by atoms with van der Waals surface area (Å²) < 4.78 is 72.3. The van der Waals surface area contributed by atoms with Gasteiger partial charge in [0, 0.05) is 11.1 Å². The average molecular weight is 270 g/mol. The van der Waals surface area contributed by atoms with Gasteiger partial charge in [-0.05, 0) is 6.07 Å². The van der Waals surface area contributed by atoms with Gasteiger partial charge in [0.1, 0.15) is 0 Å². The molecule has 18 heavy (non-hydrogen) atoms. The lowest BCUT2D eigenvalue weighted by atomic mass is 10.0. The molecule has 2 nitrogen and oxygen atoms in total. The van der Waals surface area contributed by atoms with E-state index in [-0.39, 0.29) is 6.07 Å². The predicted molar refractivity (Wildman–Crippen MR) is 47.2 cm³/mol. The number of alkyl halides is 6. The van der Waals surface area contributed by atoms with Crippen LogP contribution in [-0.2, 0) is 0 Å². The van der Waals surface area contributed by atoms with Gasteiger partial charge in [0.2, 0.25) is 0 Å². The van der Waals surface area contributed by atoms with Gasteiger partial charge in [0.15, 0.2) is 0 Å². The molecule has 0 fully saturated rings. The third-order valence-corrected chi connectivity index (χ3v) is 1.90. The minimum atomic E-state index is -5.21. The Morgan fingerprint density at radius 3 is 1.39 bits per heavy atom. The third kappa shape index (κ3) is 3.08. The number of hydrogen-bond donors (Lipinski definition) is 0. The first-order valence-electron chi connectivity index (χ1n) is 4.36. The zero-order valence-corrected chi connectivity index (χ0v) is 8.39. The van der Waals surface area contributed by atoms with E-state index in [1.165, 1.54) is 0 Å². The molecular weight excluding hydrogens is 266 g/mol. The number of carbonyl (C=O) groups is 2. The maximum atomic E-state index is 12.0. The van der Waals surface area contributed by atoms with Crippen LogP contribution in [0.25, 0.3) is 0 Å². The lowest BCUT2D eigenvalue weighted by Gasteiger charge is -2.08. The summed E-state index contributed by atoms with van der Waals surface area (Å²) >= 11 is 0. The average Bonchev–Trinajstić information content (AvgIpc) is 2.24. The Balaban J connectivity index is 3.16. The maximum Gasteiger partial charge on any atom is 0.454 e. The molecular formula is C10H4F6O2. The monoisotopic (exact) mass is 270 g/mol. The van der Waals surface area contributed by atoms with Crippen molar-refractivity contribution in [3.63, 3.8) is 0 Å². The van der Waals surface area contributed by atoms with Crippen molar-refractivity contribution in [1.82, 2.24) is 0 Å². The fourth-order valence-corrected chi connectivity index (χ4v) is 1.13. The highest BCUT2D eigenvalue weighted by atomic mass is 19.4. The van der Waals surface area contributed by atoms with Gasteiger partial charge in [0.25, 0.3) is 11.6 Å². The zero-order chi connectivity index (χ0) is 14.1. The number of rotatable bonds is 2. The van der Waals surface area contributed by atoms with Gasteiger partial charge in [-0.15, -0.1) is 0 Å². The standard InChI is InChI=1S/C10H4F6O2/c11-9(12,13)7(17)5-2-1-3-6(4-5)8(18)10(14,15)16/h1-4H. The molecule has 8 heteroatoms. The quantitative estimate of drug-likeness (QED) is 0.611. The summed E-state index contributed by atoms with van der Waals surface area (Å²) in [4.78, 5) is 21.5. The van der Waals surface area contributed by atoms with E-state index in [9.17, 15) is 35.9 Å². The molecule has 0 radical (unpaired) electrons. The largest absolute Gasteiger partial charge is 0.454 e. The summed E-state index contributed by atoms with van der Waals surface area (Å²) in [5.41, 5.74) is -2.03. The van der Waals surface area contributed by atoms with E-state index in [2.05, 4.69) is 0 Å². The molecule has 0 saturated carbocycles. The van der Waals surface area contributed by atoms with Crippen molar-refractivity contribution in [3.8, 4) is 0 Å². The Morgan fingerprint density at radius 2 is 1.11 bits per heavy atom. The molecule has 0 N–H and O–H groups in total. The second kappa shape index (κ2) is 4.43. The van der Waals surface area contributed by atoms with Gasteiger partial charge in [-0.2, -0.15) is 26.3 Å². The van der Waals surface area contributed by atoms with E-state index >= 15 is 0 Å². The van der Waals surface area contributed by atoms with Crippen molar-refractivity contribution < 1.29 is 35.9 Å². The van der Waals surface area contributed by atoms with Gasteiger partial charge in [-0.1, -0.05) is 18.2 Å². The first kappa shape index (κ1) is 14.2. The van der Waals surface area contributed by atoms with Gasteiger partial charge in [-0.3, -0.25) is 9.59 Å². The molecule has 98 valence electrons. The van der Waals surface area contributed by atoms with Crippen LogP contribution in [0.3, 0.4) is 0 Å². The number of Topliss-reactive ketones (excluding diaryl/α,β-unsaturated/α-hetero) is 2. The van der Waals surface area contributed by atoms with Crippen molar-refractivity contribution in [2.45, 2.75) is 12.4 Å². The van der Waals surface area contributed by atoms with Crippen LogP contribution in [0.2, 0.25) is 0 Å². The molecule has 0 unspecified atom stereocenters. The van der Waals surface area contributed by atoms with Crippen molar-refractivity contribution >= 4 is 11.6 Å². The molecule has 0 heterocycles. The van der Waals surface area contributed by atoms with Crippen LogP contribution >= 0.6 is 0 Å². The topological polar surface area (TPSA) is 34.1 Å². The number of benzene rings is 1. The summed E-state index contributed by atoms with van der Waals surface area (Å²) in [6.45, 7) is 0. The summed E-state index contributed by atoms with van der Waals surface area (Å²) in [6.07, 6.45) is -10.4. The Morgan fingerprint density at radius 1 is 0.778 bits per heavy atom. The van der Waals surface area contributed by atoms with Crippen molar-refractivity contribution in [2.24, 2.45) is 0 Å². The molecule has 0 saturated heterocycles. The Kier molecular flexibility index (Phi) is 3.50. The third-order valence-electron chi connectivity index (χ3n) is 1.90. The minimum Gasteiger partial charge on any atom is -0.284 e. The second-order valence-corrected chi connectivity index (χ2v) is 3.23. The Hall–Kier alpha value is -1.86. The molecule has 0 amide bonds. The van der Waals surface area contributed by atoms with E-state index in [4.69, 9.17) is 0 Å². The number of hydrogen-bond acceptors (Lipinski definition) is 2. The Bertz CT molecular complexity index is 445. The van der Waals surface area contributed by atoms with Crippen LogP contribution in [0.4, 0.5) is 26.3 Å². The van der Waals surface area contributed by atoms with Gasteiger partial charge < -0.3 is 0 Å². The molecule has 1 aromatic rings. The first-order valence-corrected chi connectivity index (χ1v) is 4.36. The zero-order valence-electron chi connectivity index (χ0n) is 8.39. The van der Waals surface area contributed by atoms with E-state index in [1.54, 1.807) is 0 Å². The summed E-state index contributed by atoms with van der Waals surface area (Å²) in [5, 5.41) is 0. The smallest absolute Gasteiger partial charge is 0.284 e. The molecule has 1 rings (SSSR count). The van der Waals surface area contributed by atoms with E-state index in [0.717, 1.165) is 6.07 Å². The van der Waals surface area contributed by atoms with Gasteiger partial charge in [-0.25, -0.2) is 0 Å². The van der Waals surface area contributed by atoms with E-state index < -0.39 is 35.0 Å². The van der Waals surface area contributed by atoms with Crippen LogP contribution in [-0.4, -0.2) is 23.9 Å². The lowest BCUT2D eigenvalue weighted by Crippen LogP contribution is -2.25. The van der Waals surface area contributed by atoms with Gasteiger partial charge in [0.05, 0.1) is 0 Å². The van der Waals surface area contributed by atoms with Crippen molar-refractivity contribution in [2.75, 3.05) is 0 Å². The second-order valence-electron chi connectivity index (χ2n) is 3.23. The maximum absolute atomic E-state index is 12.0. The van der Waals surface area contributed by atoms with Crippen LogP contribution in [0.5, 0.6) is 0 Å². The molecule has 0 aliphatic heterocycles. The molecule has 0 spiro atoms. The highest BCUT2D eigenvalue weighted by molar-refractivity contribution is 6.05. The molecule has 0 atom stereocenters. The van der Waals surface area contributed by atoms with E-state index in [0.29, 0.717) is 12.1 Å². The molecule has 0 aromatic heterocycles. The minimum absolute atomic E-state index is 0.269. The predicted octanol–water partition coefficient (Wildman–Crippen LogP) is 3.18. The Labute approximate surface area is 96.2 Å². The SMILES string of the molecule is O=C(c1cccc(C(=O)C(F)(F)F)c1)C(F)(F)F. The van der Waals surface area contributed by atoms with Crippen molar-refractivity contribution in [3.05, 3.63) is 35.4 Å². The van der Waals surface area contributed by atoms with E-state index in [1.807, 2.05) is 0 Å². The molecule has 1 aromatic carbocycles. The van der Waals surface area contributed by atoms with Crippen LogP contribution in [0.15, 0.2) is 24.3 Å². The number of carbonyl (C=O) groups excluding carboxylic acids is 2. The summed E-state index contributed by atoms with van der Waals surface area (Å²) in [5.74, 6) is -4.61. The first-order chi connectivity index (χ1) is 8.03. The highest BCUT2D eigenvalue weighted by Gasteiger charge is 2.42. The summed E-state index contributed by atoms with van der Waals surface area (Å²) in [7, 11) is 0. The van der Waals surface area contributed by atoms with Crippen molar-refractivity contribution in [1.29, 1.82) is 0 Å². The number of halogens is 6. The van der Waals surface area contributed by atoms with Crippen LogP contribution in [0.1, 0.15) is 20.7 Å². The normalized spacial score (nSPS) is 12.3. The van der Waals surface area contributed by atoms with Crippen LogP contribution < -0.4 is 0 Å². The number of ketones is 2. The lowest BCUT2D eigenvalue weighted by molar-refractivity contribution is -0.0887. The molecule has 0 bridgehead atoms. The van der Waals surface area contributed by atoms with Gasteiger partial charge >= 0.3 is 12.4 Å². The summed E-state index contributed by atoms with van der Waals surface area (Å²) in [6, 6.07) is 2.41. The fourth-order valence-electron chi connectivity index (χ4n) is 1.13. The molecule has 0 aliphatic carbocycles. The fraction of sp³-hybridized carbons (Fsp3) is 0.200. The van der Waals surface area contributed by atoms with Crippen LogP contribution in [0, 0.1) is 0 Å². The highest BCUT2D eigenvalue weighted by Crippen LogP contribution is 2.25. The molecule has 0 aliphatic rings.